The highest BCUT2D eigenvalue weighted by Gasteiger charge is 2.25. The summed E-state index contributed by atoms with van der Waals surface area (Å²) in [6.07, 6.45) is 2.12. The van der Waals surface area contributed by atoms with Gasteiger partial charge in [-0.1, -0.05) is 18.2 Å². The highest BCUT2D eigenvalue weighted by molar-refractivity contribution is 5.96. The van der Waals surface area contributed by atoms with Crippen LogP contribution in [0.3, 0.4) is 0 Å². The Bertz CT molecular complexity index is 452. The van der Waals surface area contributed by atoms with E-state index in [0.717, 1.165) is 51.3 Å². The number of nitrogens with one attached hydrogen (secondary N) is 1. The minimum absolute atomic E-state index is 0.242. The van der Waals surface area contributed by atoms with E-state index >= 15 is 0 Å². The first kappa shape index (κ1) is 12.6. The average Bonchev–Trinajstić information content (AvgIpc) is 2.70. The summed E-state index contributed by atoms with van der Waals surface area (Å²) in [6, 6.07) is 8.25. The maximum absolute atomic E-state index is 12.5. The Morgan fingerprint density at radius 2 is 2.05 bits per heavy atom. The van der Waals surface area contributed by atoms with Crippen LogP contribution in [-0.4, -0.2) is 50.1 Å². The zero-order chi connectivity index (χ0) is 13.1. The number of anilines is 1. The predicted molar refractivity (Wildman–Crippen MR) is 76.4 cm³/mol. The Kier molecular flexibility index (Phi) is 3.80. The van der Waals surface area contributed by atoms with E-state index < -0.39 is 0 Å². The van der Waals surface area contributed by atoms with Crippen molar-refractivity contribution in [3.8, 4) is 0 Å². The molecule has 2 heterocycles. The Morgan fingerprint density at radius 3 is 3.00 bits per heavy atom. The van der Waals surface area contributed by atoms with Gasteiger partial charge >= 0.3 is 0 Å². The molecule has 0 bridgehead atoms. The molecular weight excluding hydrogens is 238 g/mol. The van der Waals surface area contributed by atoms with Crippen molar-refractivity contribution in [2.45, 2.75) is 12.8 Å². The highest BCUT2D eigenvalue weighted by atomic mass is 16.2. The number of amides is 1. The summed E-state index contributed by atoms with van der Waals surface area (Å²) < 4.78 is 0. The molecule has 1 N–H and O–H groups in total. The van der Waals surface area contributed by atoms with E-state index in [2.05, 4.69) is 22.3 Å². The lowest BCUT2D eigenvalue weighted by atomic mass is 10.2. The van der Waals surface area contributed by atoms with E-state index in [4.69, 9.17) is 0 Å². The molecule has 1 fully saturated rings. The van der Waals surface area contributed by atoms with Crippen molar-refractivity contribution in [1.29, 1.82) is 0 Å². The molecule has 2 aliphatic rings. The second kappa shape index (κ2) is 5.72. The third-order valence-electron chi connectivity index (χ3n) is 3.98. The Balaban J connectivity index is 1.65. The normalized spacial score (nSPS) is 20.1. The summed E-state index contributed by atoms with van der Waals surface area (Å²) in [6.45, 7) is 5.44. The molecule has 0 aliphatic carbocycles. The first-order valence-electron chi connectivity index (χ1n) is 7.16. The number of carbonyl (C=O) groups excluding carboxylic acids is 1. The monoisotopic (exact) mass is 259 g/mol. The fraction of sp³-hybridized carbons (Fsp3) is 0.533. The Labute approximate surface area is 114 Å². The third-order valence-corrected chi connectivity index (χ3v) is 3.98. The summed E-state index contributed by atoms with van der Waals surface area (Å²) in [5.74, 6) is 0.242. The first-order chi connectivity index (χ1) is 9.34. The van der Waals surface area contributed by atoms with Crippen LogP contribution in [0.4, 0.5) is 5.69 Å². The summed E-state index contributed by atoms with van der Waals surface area (Å²) in [5, 5.41) is 3.37. The zero-order valence-electron chi connectivity index (χ0n) is 11.3. The number of nitrogens with zero attached hydrogens (tertiary/aromatic N) is 2. The van der Waals surface area contributed by atoms with Crippen LogP contribution in [0.1, 0.15) is 12.0 Å². The molecule has 1 saturated heterocycles. The summed E-state index contributed by atoms with van der Waals surface area (Å²) in [4.78, 5) is 16.7. The van der Waals surface area contributed by atoms with Crippen molar-refractivity contribution in [2.24, 2.45) is 0 Å². The van der Waals surface area contributed by atoms with E-state index in [1.807, 2.05) is 17.0 Å². The lowest BCUT2D eigenvalue weighted by Crippen LogP contribution is -2.41. The lowest BCUT2D eigenvalue weighted by molar-refractivity contribution is -0.119. The fourth-order valence-electron chi connectivity index (χ4n) is 2.93. The van der Waals surface area contributed by atoms with Crippen LogP contribution in [0.25, 0.3) is 0 Å². The molecule has 1 aromatic rings. The minimum Gasteiger partial charge on any atom is -0.315 e. The molecule has 19 heavy (non-hydrogen) atoms. The molecule has 0 radical (unpaired) electrons. The number of benzene rings is 1. The molecule has 4 nitrogen and oxygen atoms in total. The van der Waals surface area contributed by atoms with Gasteiger partial charge in [0.05, 0.1) is 6.54 Å². The van der Waals surface area contributed by atoms with Gasteiger partial charge in [-0.05, 0) is 37.6 Å². The molecule has 0 atom stereocenters. The van der Waals surface area contributed by atoms with Gasteiger partial charge in [0.15, 0.2) is 0 Å². The number of hydrogen-bond donors (Lipinski definition) is 1. The highest BCUT2D eigenvalue weighted by Crippen LogP contribution is 2.27. The topological polar surface area (TPSA) is 35.6 Å². The van der Waals surface area contributed by atoms with Crippen LogP contribution in [0, 0.1) is 0 Å². The maximum Gasteiger partial charge on any atom is 0.241 e. The summed E-state index contributed by atoms with van der Waals surface area (Å²) in [5.41, 5.74) is 2.41. The molecular formula is C15H21N3O. The fourth-order valence-corrected chi connectivity index (χ4v) is 2.93. The molecule has 1 amide bonds. The number of fused-ring (bicyclic) bond motifs is 1. The van der Waals surface area contributed by atoms with Crippen LogP contribution >= 0.6 is 0 Å². The van der Waals surface area contributed by atoms with Crippen molar-refractivity contribution in [2.75, 3.05) is 44.2 Å². The summed E-state index contributed by atoms with van der Waals surface area (Å²) in [7, 11) is 0. The van der Waals surface area contributed by atoms with Gasteiger partial charge in [0.2, 0.25) is 5.91 Å². The second-order valence-electron chi connectivity index (χ2n) is 5.30. The van der Waals surface area contributed by atoms with Crippen LogP contribution < -0.4 is 10.2 Å². The van der Waals surface area contributed by atoms with Crippen molar-refractivity contribution in [1.82, 2.24) is 10.2 Å². The van der Waals surface area contributed by atoms with Gasteiger partial charge in [-0.2, -0.15) is 0 Å². The van der Waals surface area contributed by atoms with Gasteiger partial charge in [-0.3, -0.25) is 9.69 Å². The predicted octanol–water partition coefficient (Wildman–Crippen LogP) is 0.871. The van der Waals surface area contributed by atoms with Gasteiger partial charge in [0.1, 0.15) is 0 Å². The number of rotatable bonds is 2. The van der Waals surface area contributed by atoms with Gasteiger partial charge in [-0.15, -0.1) is 0 Å². The molecule has 3 rings (SSSR count). The van der Waals surface area contributed by atoms with E-state index in [1.54, 1.807) is 0 Å². The van der Waals surface area contributed by atoms with Gasteiger partial charge in [0.25, 0.3) is 0 Å². The largest absolute Gasteiger partial charge is 0.315 e. The minimum atomic E-state index is 0.242. The van der Waals surface area contributed by atoms with Crippen LogP contribution in [0.5, 0.6) is 0 Å². The SMILES string of the molecule is O=C(CN1CCCNCC1)N1CCc2ccccc21. The van der Waals surface area contributed by atoms with Crippen LogP contribution in [-0.2, 0) is 11.2 Å². The Hall–Kier alpha value is -1.39. The standard InChI is InChI=1S/C15H21N3O/c19-15(12-17-9-3-7-16-8-11-17)18-10-6-13-4-1-2-5-14(13)18/h1-2,4-5,16H,3,6-12H2. The second-order valence-corrected chi connectivity index (χ2v) is 5.30. The molecule has 0 spiro atoms. The smallest absolute Gasteiger partial charge is 0.241 e. The Morgan fingerprint density at radius 1 is 1.16 bits per heavy atom. The molecule has 0 unspecified atom stereocenters. The molecule has 0 aromatic heterocycles. The molecule has 0 saturated carbocycles. The van der Waals surface area contributed by atoms with Gasteiger partial charge in [0, 0.05) is 25.3 Å². The first-order valence-corrected chi connectivity index (χ1v) is 7.16. The lowest BCUT2D eigenvalue weighted by Gasteiger charge is -2.23. The molecule has 102 valence electrons. The van der Waals surface area contributed by atoms with Crippen molar-refractivity contribution in [3.05, 3.63) is 29.8 Å². The zero-order valence-corrected chi connectivity index (χ0v) is 11.3. The van der Waals surface area contributed by atoms with Gasteiger partial charge < -0.3 is 10.2 Å². The van der Waals surface area contributed by atoms with E-state index in [9.17, 15) is 4.79 Å². The van der Waals surface area contributed by atoms with Crippen LogP contribution in [0.2, 0.25) is 0 Å². The molecule has 2 aliphatic heterocycles. The van der Waals surface area contributed by atoms with Crippen molar-refractivity contribution < 1.29 is 4.79 Å². The van der Waals surface area contributed by atoms with E-state index in [-0.39, 0.29) is 5.91 Å². The number of para-hydroxylation sites is 1. The summed E-state index contributed by atoms with van der Waals surface area (Å²) >= 11 is 0. The molecule has 4 heteroatoms. The quantitative estimate of drug-likeness (QED) is 0.856. The molecule has 1 aromatic carbocycles. The number of carbonyl (C=O) groups is 1. The van der Waals surface area contributed by atoms with Crippen molar-refractivity contribution >= 4 is 11.6 Å². The van der Waals surface area contributed by atoms with Crippen LogP contribution in [0.15, 0.2) is 24.3 Å². The van der Waals surface area contributed by atoms with Gasteiger partial charge in [-0.25, -0.2) is 0 Å². The van der Waals surface area contributed by atoms with E-state index in [1.165, 1.54) is 5.56 Å². The van der Waals surface area contributed by atoms with Crippen molar-refractivity contribution in [3.63, 3.8) is 0 Å². The van der Waals surface area contributed by atoms with E-state index in [0.29, 0.717) is 6.54 Å². The maximum atomic E-state index is 12.5. The number of hydrogen-bond acceptors (Lipinski definition) is 3. The third kappa shape index (κ3) is 2.80. The average molecular weight is 259 g/mol.